The smallest absolute Gasteiger partial charge is 0.323 e. The maximum atomic E-state index is 13.1. The average Bonchev–Trinajstić information content (AvgIpc) is 2.41. The van der Waals surface area contributed by atoms with Gasteiger partial charge in [0.15, 0.2) is 0 Å². The predicted octanol–water partition coefficient (Wildman–Crippen LogP) is 2.89. The lowest BCUT2D eigenvalue weighted by atomic mass is 10.2. The molecule has 0 bridgehead atoms. The predicted molar refractivity (Wildman–Crippen MR) is 79.6 cm³/mol. The first-order chi connectivity index (χ1) is 9.97. The van der Waals surface area contributed by atoms with Crippen LogP contribution in [-0.2, 0) is 0 Å². The molecule has 1 heterocycles. The van der Waals surface area contributed by atoms with Gasteiger partial charge in [-0.3, -0.25) is 0 Å². The summed E-state index contributed by atoms with van der Waals surface area (Å²) in [6.45, 7) is 5.58. The second-order valence-corrected chi connectivity index (χ2v) is 4.77. The van der Waals surface area contributed by atoms with E-state index in [9.17, 15) is 4.39 Å². The van der Waals surface area contributed by atoms with Crippen molar-refractivity contribution >= 4 is 17.6 Å². The van der Waals surface area contributed by atoms with Crippen molar-refractivity contribution in [1.82, 2.24) is 15.0 Å². The molecule has 0 aliphatic carbocycles. The van der Waals surface area contributed by atoms with Crippen LogP contribution < -0.4 is 15.4 Å². The van der Waals surface area contributed by atoms with Crippen molar-refractivity contribution < 1.29 is 9.13 Å². The van der Waals surface area contributed by atoms with E-state index >= 15 is 0 Å². The molecular weight excluding hydrogens is 273 g/mol. The Bertz CT molecular complexity index is 633. The number of hydrogen-bond acceptors (Lipinski definition) is 6. The molecule has 0 amide bonds. The van der Waals surface area contributed by atoms with Crippen LogP contribution in [0.25, 0.3) is 0 Å². The Balaban J connectivity index is 2.29. The normalized spacial score (nSPS) is 10.6. The topological polar surface area (TPSA) is 72.0 Å². The van der Waals surface area contributed by atoms with Crippen LogP contribution in [0, 0.1) is 12.7 Å². The van der Waals surface area contributed by atoms with Gasteiger partial charge in [-0.1, -0.05) is 0 Å². The molecule has 0 spiro atoms. The Labute approximate surface area is 122 Å². The summed E-state index contributed by atoms with van der Waals surface area (Å²) in [7, 11) is 1.71. The summed E-state index contributed by atoms with van der Waals surface area (Å²) in [5.74, 6) is 0.441. The minimum Gasteiger partial charge on any atom is -0.461 e. The van der Waals surface area contributed by atoms with Gasteiger partial charge in [0.05, 0.1) is 6.10 Å². The van der Waals surface area contributed by atoms with Gasteiger partial charge in [-0.05, 0) is 44.5 Å². The van der Waals surface area contributed by atoms with E-state index in [2.05, 4.69) is 25.6 Å². The lowest BCUT2D eigenvalue weighted by molar-refractivity contribution is 0.222. The molecule has 2 aromatic rings. The molecule has 112 valence electrons. The summed E-state index contributed by atoms with van der Waals surface area (Å²) in [4.78, 5) is 12.5. The fourth-order valence-electron chi connectivity index (χ4n) is 1.68. The van der Waals surface area contributed by atoms with Crippen LogP contribution >= 0.6 is 0 Å². The van der Waals surface area contributed by atoms with Crippen molar-refractivity contribution in [1.29, 1.82) is 0 Å². The number of hydrogen-bond donors (Lipinski definition) is 2. The van der Waals surface area contributed by atoms with E-state index in [1.54, 1.807) is 20.0 Å². The van der Waals surface area contributed by atoms with Crippen molar-refractivity contribution in [3.63, 3.8) is 0 Å². The summed E-state index contributed by atoms with van der Waals surface area (Å²) < 4.78 is 18.6. The minimum absolute atomic E-state index is 0.0440. The summed E-state index contributed by atoms with van der Waals surface area (Å²) in [6.07, 6.45) is -0.0440. The maximum absolute atomic E-state index is 13.1. The Morgan fingerprint density at radius 3 is 2.48 bits per heavy atom. The lowest BCUT2D eigenvalue weighted by Crippen LogP contribution is -2.12. The number of rotatable bonds is 5. The fourth-order valence-corrected chi connectivity index (χ4v) is 1.68. The van der Waals surface area contributed by atoms with E-state index in [0.29, 0.717) is 11.9 Å². The molecule has 2 N–H and O–H groups in total. The molecule has 0 atom stereocenters. The molecule has 0 aliphatic heterocycles. The molecule has 1 aromatic heterocycles. The van der Waals surface area contributed by atoms with Gasteiger partial charge in [0.2, 0.25) is 11.9 Å². The first-order valence-corrected chi connectivity index (χ1v) is 6.61. The first kappa shape index (κ1) is 15.0. The second-order valence-electron chi connectivity index (χ2n) is 4.77. The first-order valence-electron chi connectivity index (χ1n) is 6.61. The number of ether oxygens (including phenoxy) is 1. The van der Waals surface area contributed by atoms with Crippen LogP contribution in [-0.4, -0.2) is 28.1 Å². The van der Waals surface area contributed by atoms with Crippen molar-refractivity contribution in [2.24, 2.45) is 0 Å². The van der Waals surface area contributed by atoms with Gasteiger partial charge in [-0.2, -0.15) is 15.0 Å². The van der Waals surface area contributed by atoms with Gasteiger partial charge in [0.1, 0.15) is 5.82 Å². The SMILES string of the molecule is CNc1nc(Nc2ccc(F)cc2C)nc(OC(C)C)n1. The number of halogens is 1. The molecule has 21 heavy (non-hydrogen) atoms. The Morgan fingerprint density at radius 1 is 1.14 bits per heavy atom. The van der Waals surface area contributed by atoms with Crippen molar-refractivity contribution in [3.8, 4) is 6.01 Å². The van der Waals surface area contributed by atoms with Crippen LogP contribution in [0.5, 0.6) is 6.01 Å². The van der Waals surface area contributed by atoms with Crippen LogP contribution in [0.1, 0.15) is 19.4 Å². The molecule has 1 aromatic carbocycles. The molecule has 7 heteroatoms. The molecular formula is C14H18FN5O. The van der Waals surface area contributed by atoms with Crippen molar-refractivity contribution in [3.05, 3.63) is 29.6 Å². The zero-order chi connectivity index (χ0) is 15.4. The van der Waals surface area contributed by atoms with E-state index in [4.69, 9.17) is 4.74 Å². The summed E-state index contributed by atoms with van der Waals surface area (Å²) in [5, 5.41) is 5.89. The molecule has 0 saturated heterocycles. The number of benzene rings is 1. The molecule has 0 fully saturated rings. The largest absolute Gasteiger partial charge is 0.461 e. The third-order valence-electron chi connectivity index (χ3n) is 2.61. The van der Waals surface area contributed by atoms with E-state index in [1.807, 2.05) is 13.8 Å². The van der Waals surface area contributed by atoms with Gasteiger partial charge < -0.3 is 15.4 Å². The van der Waals surface area contributed by atoms with Gasteiger partial charge >= 0.3 is 6.01 Å². The van der Waals surface area contributed by atoms with Gasteiger partial charge in [-0.25, -0.2) is 4.39 Å². The molecule has 0 radical (unpaired) electrons. The standard InChI is InChI=1S/C14H18FN5O/c1-8(2)21-14-19-12(16-4)18-13(20-14)17-11-6-5-10(15)7-9(11)3/h5-8H,1-4H3,(H2,16,17,18,19,20). The third-order valence-corrected chi connectivity index (χ3v) is 2.61. The van der Waals surface area contributed by atoms with Crippen molar-refractivity contribution in [2.75, 3.05) is 17.7 Å². The summed E-state index contributed by atoms with van der Waals surface area (Å²) in [6, 6.07) is 4.68. The van der Waals surface area contributed by atoms with Gasteiger partial charge in [-0.15, -0.1) is 0 Å². The molecule has 0 unspecified atom stereocenters. The fraction of sp³-hybridized carbons (Fsp3) is 0.357. The zero-order valence-electron chi connectivity index (χ0n) is 12.4. The van der Waals surface area contributed by atoms with Crippen LogP contribution in [0.2, 0.25) is 0 Å². The van der Waals surface area contributed by atoms with E-state index in [-0.39, 0.29) is 17.9 Å². The van der Waals surface area contributed by atoms with Crippen LogP contribution in [0.3, 0.4) is 0 Å². The molecule has 0 saturated carbocycles. The monoisotopic (exact) mass is 291 g/mol. The highest BCUT2D eigenvalue weighted by Crippen LogP contribution is 2.21. The summed E-state index contributed by atoms with van der Waals surface area (Å²) >= 11 is 0. The highest BCUT2D eigenvalue weighted by atomic mass is 19.1. The van der Waals surface area contributed by atoms with Gasteiger partial charge in [0, 0.05) is 12.7 Å². The summed E-state index contributed by atoms with van der Waals surface area (Å²) in [5.41, 5.74) is 1.48. The number of aromatic nitrogens is 3. The number of anilines is 3. The number of aryl methyl sites for hydroxylation is 1. The quantitative estimate of drug-likeness (QED) is 0.882. The molecule has 0 aliphatic rings. The van der Waals surface area contributed by atoms with E-state index in [1.165, 1.54) is 12.1 Å². The number of nitrogens with zero attached hydrogens (tertiary/aromatic N) is 3. The van der Waals surface area contributed by atoms with E-state index in [0.717, 1.165) is 11.3 Å². The Morgan fingerprint density at radius 2 is 1.86 bits per heavy atom. The average molecular weight is 291 g/mol. The maximum Gasteiger partial charge on any atom is 0.323 e. The lowest BCUT2D eigenvalue weighted by Gasteiger charge is -2.12. The Kier molecular flexibility index (Phi) is 4.52. The second kappa shape index (κ2) is 6.34. The van der Waals surface area contributed by atoms with Crippen molar-refractivity contribution in [2.45, 2.75) is 26.9 Å². The van der Waals surface area contributed by atoms with Crippen LogP contribution in [0.4, 0.5) is 22.0 Å². The highest BCUT2D eigenvalue weighted by molar-refractivity contribution is 5.58. The highest BCUT2D eigenvalue weighted by Gasteiger charge is 2.09. The Hall–Kier alpha value is -2.44. The minimum atomic E-state index is -0.284. The van der Waals surface area contributed by atoms with Gasteiger partial charge in [0.25, 0.3) is 0 Å². The van der Waals surface area contributed by atoms with E-state index < -0.39 is 0 Å². The molecule has 2 rings (SSSR count). The third kappa shape index (κ3) is 4.01. The molecule has 6 nitrogen and oxygen atoms in total. The number of nitrogens with one attached hydrogen (secondary N) is 2. The zero-order valence-corrected chi connectivity index (χ0v) is 12.4. The van der Waals surface area contributed by atoms with Crippen LogP contribution in [0.15, 0.2) is 18.2 Å².